The summed E-state index contributed by atoms with van der Waals surface area (Å²) >= 11 is 6.12. The molecule has 1 aromatic heterocycles. The minimum absolute atomic E-state index is 0.287. The molecule has 1 saturated heterocycles. The van der Waals surface area contributed by atoms with E-state index in [0.717, 1.165) is 25.3 Å². The van der Waals surface area contributed by atoms with Gasteiger partial charge in [0.1, 0.15) is 16.6 Å². The first kappa shape index (κ1) is 20.6. The van der Waals surface area contributed by atoms with E-state index in [4.69, 9.17) is 16.3 Å². The number of aromatic nitrogens is 2. The minimum Gasteiger partial charge on any atom is -0.444 e. The molecule has 2 unspecified atom stereocenters. The smallest absolute Gasteiger partial charge is 0.410 e. The maximum absolute atomic E-state index is 12.2. The van der Waals surface area contributed by atoms with Crippen LogP contribution in [0.1, 0.15) is 34.1 Å². The summed E-state index contributed by atoms with van der Waals surface area (Å²) in [6, 6.07) is 1.79. The average molecular weight is 384 g/mol. The Morgan fingerprint density at radius 2 is 2.12 bits per heavy atom. The number of carbonyl (C=O) groups excluding carboxylic acids is 1. The fourth-order valence-electron chi connectivity index (χ4n) is 3.28. The fraction of sp³-hybridized carbons (Fsp3) is 0.722. The highest BCUT2D eigenvalue weighted by atomic mass is 35.5. The predicted molar refractivity (Wildman–Crippen MR) is 105 cm³/mol. The molecular weight excluding hydrogens is 354 g/mol. The van der Waals surface area contributed by atoms with E-state index in [2.05, 4.69) is 27.1 Å². The molecule has 7 nitrogen and oxygen atoms in total. The third kappa shape index (κ3) is 5.90. The molecule has 2 rings (SSSR count). The molecule has 146 valence electrons. The Balaban J connectivity index is 2.06. The fourth-order valence-corrected chi connectivity index (χ4v) is 3.46. The molecule has 2 atom stereocenters. The minimum atomic E-state index is -0.488. The van der Waals surface area contributed by atoms with E-state index in [9.17, 15) is 4.79 Å². The Morgan fingerprint density at radius 1 is 1.42 bits per heavy atom. The molecule has 1 N–H and O–H groups in total. The van der Waals surface area contributed by atoms with Crippen LogP contribution >= 0.6 is 11.6 Å². The molecule has 0 radical (unpaired) electrons. The molecule has 0 spiro atoms. The van der Waals surface area contributed by atoms with E-state index in [1.807, 2.05) is 20.8 Å². The van der Waals surface area contributed by atoms with E-state index < -0.39 is 5.60 Å². The van der Waals surface area contributed by atoms with Crippen molar-refractivity contribution in [2.24, 2.45) is 11.8 Å². The third-order valence-corrected chi connectivity index (χ3v) is 4.41. The number of amides is 1. The Bertz CT molecular complexity index is 634. The first-order chi connectivity index (χ1) is 12.1. The molecule has 0 aromatic carbocycles. The van der Waals surface area contributed by atoms with Gasteiger partial charge in [-0.05, 0) is 39.0 Å². The second-order valence-electron chi connectivity index (χ2n) is 8.10. The van der Waals surface area contributed by atoms with Gasteiger partial charge >= 0.3 is 6.09 Å². The lowest BCUT2D eigenvalue weighted by Crippen LogP contribution is -2.45. The number of piperidine rings is 1. The van der Waals surface area contributed by atoms with E-state index in [1.54, 1.807) is 25.1 Å². The van der Waals surface area contributed by atoms with Crippen molar-refractivity contribution in [2.45, 2.75) is 39.7 Å². The highest BCUT2D eigenvalue weighted by Gasteiger charge is 2.29. The molecule has 1 aliphatic heterocycles. The Hall–Kier alpha value is -1.76. The number of nitrogens with one attached hydrogen (secondary N) is 1. The first-order valence-corrected chi connectivity index (χ1v) is 9.36. The molecular formula is C18H30ClN5O2. The van der Waals surface area contributed by atoms with E-state index in [1.165, 1.54) is 0 Å². The van der Waals surface area contributed by atoms with Crippen molar-refractivity contribution >= 4 is 29.5 Å². The molecule has 1 aromatic rings. The number of anilines is 2. The van der Waals surface area contributed by atoms with Gasteiger partial charge in [-0.15, -0.1) is 0 Å². The highest BCUT2D eigenvalue weighted by molar-refractivity contribution is 6.29. The first-order valence-electron chi connectivity index (χ1n) is 8.98. The van der Waals surface area contributed by atoms with Gasteiger partial charge in [-0.3, -0.25) is 0 Å². The average Bonchev–Trinajstić information content (AvgIpc) is 2.52. The molecule has 0 bridgehead atoms. The van der Waals surface area contributed by atoms with Gasteiger partial charge in [0.25, 0.3) is 0 Å². The molecule has 0 saturated carbocycles. The van der Waals surface area contributed by atoms with Crippen molar-refractivity contribution in [1.82, 2.24) is 14.9 Å². The van der Waals surface area contributed by atoms with Gasteiger partial charge in [-0.1, -0.05) is 18.5 Å². The van der Waals surface area contributed by atoms with Crippen molar-refractivity contribution < 1.29 is 9.53 Å². The van der Waals surface area contributed by atoms with Crippen molar-refractivity contribution in [3.05, 3.63) is 11.2 Å². The summed E-state index contributed by atoms with van der Waals surface area (Å²) in [5.41, 5.74) is -0.488. The summed E-state index contributed by atoms with van der Waals surface area (Å²) in [6.07, 6.45) is 0.770. The quantitative estimate of drug-likeness (QED) is 0.802. The van der Waals surface area contributed by atoms with Crippen LogP contribution in [0.2, 0.25) is 5.15 Å². The zero-order chi connectivity index (χ0) is 19.5. The van der Waals surface area contributed by atoms with Gasteiger partial charge in [-0.2, -0.15) is 4.98 Å². The SMILES string of the molecule is CNc1nc(Cl)cc(N2CC(C)CC(CN(C)C(=O)OC(C)(C)C)C2)n1. The zero-order valence-electron chi connectivity index (χ0n) is 16.5. The normalized spacial score (nSPS) is 20.7. The monoisotopic (exact) mass is 383 g/mol. The van der Waals surface area contributed by atoms with Gasteiger partial charge in [0, 0.05) is 39.8 Å². The molecule has 2 heterocycles. The number of halogens is 1. The highest BCUT2D eigenvalue weighted by Crippen LogP contribution is 2.28. The number of carbonyl (C=O) groups is 1. The number of nitrogens with zero attached hydrogens (tertiary/aromatic N) is 4. The topological polar surface area (TPSA) is 70.6 Å². The van der Waals surface area contributed by atoms with Crippen LogP contribution in [0, 0.1) is 11.8 Å². The lowest BCUT2D eigenvalue weighted by Gasteiger charge is -2.38. The standard InChI is InChI=1S/C18H30ClN5O2/c1-12-7-13(10-23(6)17(25)26-18(2,3)4)11-24(9-12)15-8-14(19)21-16(20-5)22-15/h8,12-13H,7,9-11H2,1-6H3,(H,20,21,22). The summed E-state index contributed by atoms with van der Waals surface area (Å²) in [5, 5.41) is 3.35. The van der Waals surface area contributed by atoms with Crippen LogP contribution in [0.4, 0.5) is 16.6 Å². The second-order valence-corrected chi connectivity index (χ2v) is 8.48. The molecule has 1 amide bonds. The summed E-state index contributed by atoms with van der Waals surface area (Å²) < 4.78 is 5.45. The number of rotatable bonds is 4. The third-order valence-electron chi connectivity index (χ3n) is 4.21. The molecule has 26 heavy (non-hydrogen) atoms. The summed E-state index contributed by atoms with van der Waals surface area (Å²) in [6.45, 7) is 10.2. The molecule has 8 heteroatoms. The predicted octanol–water partition coefficient (Wildman–Crippen LogP) is 3.50. The lowest BCUT2D eigenvalue weighted by molar-refractivity contribution is 0.0264. The molecule has 1 fully saturated rings. The van der Waals surface area contributed by atoms with Gasteiger partial charge in [0.05, 0.1) is 0 Å². The largest absolute Gasteiger partial charge is 0.444 e. The summed E-state index contributed by atoms with van der Waals surface area (Å²) in [4.78, 5) is 24.8. The number of hydrogen-bond acceptors (Lipinski definition) is 6. The van der Waals surface area contributed by atoms with Crippen molar-refractivity contribution in [3.63, 3.8) is 0 Å². The van der Waals surface area contributed by atoms with E-state index in [-0.39, 0.29) is 6.09 Å². The Kier molecular flexibility index (Phi) is 6.55. The van der Waals surface area contributed by atoms with Crippen LogP contribution in [0.3, 0.4) is 0 Å². The van der Waals surface area contributed by atoms with Crippen molar-refractivity contribution in [2.75, 3.05) is 43.9 Å². The van der Waals surface area contributed by atoms with Crippen molar-refractivity contribution in [3.8, 4) is 0 Å². The molecule has 0 aliphatic carbocycles. The Labute approximate surface area is 161 Å². The van der Waals surface area contributed by atoms with Gasteiger partial charge < -0.3 is 19.9 Å². The zero-order valence-corrected chi connectivity index (χ0v) is 17.3. The second kappa shape index (κ2) is 8.29. The maximum Gasteiger partial charge on any atom is 0.410 e. The molecule has 1 aliphatic rings. The maximum atomic E-state index is 12.2. The van der Waals surface area contributed by atoms with Crippen LogP contribution in [0.15, 0.2) is 6.07 Å². The number of hydrogen-bond donors (Lipinski definition) is 1. The van der Waals surface area contributed by atoms with Gasteiger partial charge in [0.2, 0.25) is 5.95 Å². The van der Waals surface area contributed by atoms with E-state index >= 15 is 0 Å². The van der Waals surface area contributed by atoms with Crippen LogP contribution in [-0.2, 0) is 4.74 Å². The van der Waals surface area contributed by atoms with E-state index in [0.29, 0.717) is 29.5 Å². The van der Waals surface area contributed by atoms with Crippen LogP contribution in [-0.4, -0.2) is 60.3 Å². The summed E-state index contributed by atoms with van der Waals surface area (Å²) in [7, 11) is 3.56. The van der Waals surface area contributed by atoms with Crippen LogP contribution in [0.5, 0.6) is 0 Å². The lowest BCUT2D eigenvalue weighted by atomic mass is 9.90. The van der Waals surface area contributed by atoms with Crippen molar-refractivity contribution in [1.29, 1.82) is 0 Å². The number of ether oxygens (including phenoxy) is 1. The summed E-state index contributed by atoms with van der Waals surface area (Å²) in [5.74, 6) is 2.15. The Morgan fingerprint density at radius 3 is 2.73 bits per heavy atom. The van der Waals surface area contributed by atoms with Gasteiger partial charge in [0.15, 0.2) is 0 Å². The van der Waals surface area contributed by atoms with Gasteiger partial charge in [-0.25, -0.2) is 9.78 Å². The van der Waals surface area contributed by atoms with Crippen LogP contribution in [0.25, 0.3) is 0 Å². The van der Waals surface area contributed by atoms with Crippen LogP contribution < -0.4 is 10.2 Å².